The molecular weight excluding hydrogens is 248 g/mol. The molecule has 2 N–H and O–H groups in total. The number of aromatic hydroxyl groups is 1. The summed E-state index contributed by atoms with van der Waals surface area (Å²) in [7, 11) is 1.42. The van der Waals surface area contributed by atoms with Gasteiger partial charge in [-0.3, -0.25) is 9.79 Å². The molecule has 2 aliphatic rings. The Kier molecular flexibility index (Phi) is 2.67. The van der Waals surface area contributed by atoms with E-state index in [2.05, 4.69) is 4.99 Å². The third kappa shape index (κ3) is 1.76. The molecular formula is C13H14N2O4. The van der Waals surface area contributed by atoms with Gasteiger partial charge >= 0.3 is 0 Å². The van der Waals surface area contributed by atoms with Crippen molar-refractivity contribution in [1.29, 1.82) is 0 Å². The van der Waals surface area contributed by atoms with E-state index in [9.17, 15) is 15.0 Å². The largest absolute Gasteiger partial charge is 0.504 e. The maximum Gasteiger partial charge on any atom is 0.258 e. The van der Waals surface area contributed by atoms with Crippen molar-refractivity contribution in [2.45, 2.75) is 25.1 Å². The summed E-state index contributed by atoms with van der Waals surface area (Å²) in [4.78, 5) is 18.1. The molecule has 0 unspecified atom stereocenters. The maximum absolute atomic E-state index is 12.5. The molecule has 6 nitrogen and oxygen atoms in total. The highest BCUT2D eigenvalue weighted by atomic mass is 16.5. The summed E-state index contributed by atoms with van der Waals surface area (Å²) >= 11 is 0. The number of nitrogens with zero attached hydrogens (tertiary/aromatic N) is 2. The standard InChI is InChI=1S/C13H14N2O4/c1-19-11-4-8-9(5-10(11)16)14-6-7-2-3-12(17)15(7)13(8)18/h4-7,12,16-17H,2-3H2,1H3/t7-,12-/m0/s1. The Labute approximate surface area is 109 Å². The SMILES string of the molecule is COc1cc2c(cc1O)N=C[C@@H]1CC[C@H](O)N1C2=O. The molecule has 2 atom stereocenters. The van der Waals surface area contributed by atoms with Crippen molar-refractivity contribution in [3.8, 4) is 11.5 Å². The van der Waals surface area contributed by atoms with Gasteiger partial charge in [0.15, 0.2) is 11.5 Å². The van der Waals surface area contributed by atoms with E-state index in [1.54, 1.807) is 6.21 Å². The highest BCUT2D eigenvalue weighted by Crippen LogP contribution is 2.37. The van der Waals surface area contributed by atoms with Crippen molar-refractivity contribution in [1.82, 2.24) is 4.90 Å². The number of rotatable bonds is 1. The van der Waals surface area contributed by atoms with Gasteiger partial charge in [-0.1, -0.05) is 0 Å². The quantitative estimate of drug-likeness (QED) is 0.792. The van der Waals surface area contributed by atoms with Gasteiger partial charge in [0.2, 0.25) is 0 Å². The van der Waals surface area contributed by atoms with Crippen LogP contribution >= 0.6 is 0 Å². The van der Waals surface area contributed by atoms with Gasteiger partial charge in [-0.15, -0.1) is 0 Å². The number of amides is 1. The van der Waals surface area contributed by atoms with Crippen LogP contribution in [0.3, 0.4) is 0 Å². The Morgan fingerprint density at radius 1 is 1.42 bits per heavy atom. The second-order valence-electron chi connectivity index (χ2n) is 4.66. The zero-order chi connectivity index (χ0) is 13.6. The van der Waals surface area contributed by atoms with Crippen LogP contribution in [-0.2, 0) is 0 Å². The number of aliphatic hydroxyl groups is 1. The fraction of sp³-hybridized carbons (Fsp3) is 0.385. The van der Waals surface area contributed by atoms with Crippen LogP contribution in [0, 0.1) is 0 Å². The summed E-state index contributed by atoms with van der Waals surface area (Å²) in [5.74, 6) is -0.135. The van der Waals surface area contributed by atoms with E-state index in [0.717, 1.165) is 0 Å². The number of carbonyl (C=O) groups is 1. The molecule has 0 radical (unpaired) electrons. The van der Waals surface area contributed by atoms with Crippen molar-refractivity contribution in [2.24, 2.45) is 4.99 Å². The number of ether oxygens (including phenoxy) is 1. The highest BCUT2D eigenvalue weighted by Gasteiger charge is 2.38. The first-order chi connectivity index (χ1) is 9.11. The lowest BCUT2D eigenvalue weighted by atomic mass is 10.1. The fourth-order valence-electron chi connectivity index (χ4n) is 2.56. The van der Waals surface area contributed by atoms with Gasteiger partial charge in [0, 0.05) is 12.3 Å². The van der Waals surface area contributed by atoms with Crippen LogP contribution in [0.4, 0.5) is 5.69 Å². The fourth-order valence-corrected chi connectivity index (χ4v) is 2.56. The number of phenols is 1. The minimum absolute atomic E-state index is 0.0613. The minimum atomic E-state index is -0.783. The Hall–Kier alpha value is -2.08. The van der Waals surface area contributed by atoms with Crippen LogP contribution in [0.25, 0.3) is 0 Å². The third-order valence-electron chi connectivity index (χ3n) is 3.55. The molecule has 3 rings (SSSR count). The van der Waals surface area contributed by atoms with Gasteiger partial charge in [-0.25, -0.2) is 0 Å². The summed E-state index contributed by atoms with van der Waals surface area (Å²) in [6.07, 6.45) is 2.10. The first-order valence-corrected chi connectivity index (χ1v) is 6.07. The second kappa shape index (κ2) is 4.24. The number of phenolic OH excluding ortho intramolecular Hbond substituents is 1. The Morgan fingerprint density at radius 3 is 2.95 bits per heavy atom. The lowest BCUT2D eigenvalue weighted by molar-refractivity contribution is 0.0247. The number of methoxy groups -OCH3 is 1. The van der Waals surface area contributed by atoms with E-state index in [0.29, 0.717) is 24.1 Å². The smallest absolute Gasteiger partial charge is 0.258 e. The third-order valence-corrected chi connectivity index (χ3v) is 3.55. The molecule has 6 heteroatoms. The Bertz CT molecular complexity index is 570. The van der Waals surface area contributed by atoms with Crippen molar-refractivity contribution < 1.29 is 19.7 Å². The summed E-state index contributed by atoms with van der Waals surface area (Å²) < 4.78 is 5.00. The summed E-state index contributed by atoms with van der Waals surface area (Å²) in [5, 5.41) is 19.6. The molecule has 0 aromatic heterocycles. The predicted molar refractivity (Wildman–Crippen MR) is 68.0 cm³/mol. The Balaban J connectivity index is 2.12. The zero-order valence-corrected chi connectivity index (χ0v) is 10.4. The van der Waals surface area contributed by atoms with Gasteiger partial charge in [-0.05, 0) is 18.9 Å². The van der Waals surface area contributed by atoms with Gasteiger partial charge in [0.25, 0.3) is 5.91 Å². The molecule has 0 spiro atoms. The molecule has 1 amide bonds. The van der Waals surface area contributed by atoms with Crippen molar-refractivity contribution in [3.05, 3.63) is 17.7 Å². The molecule has 1 aromatic rings. The Morgan fingerprint density at radius 2 is 2.21 bits per heavy atom. The molecule has 19 heavy (non-hydrogen) atoms. The second-order valence-corrected chi connectivity index (χ2v) is 4.66. The number of carbonyl (C=O) groups excluding carboxylic acids is 1. The molecule has 1 fully saturated rings. The van der Waals surface area contributed by atoms with Crippen molar-refractivity contribution >= 4 is 17.8 Å². The number of hydrogen-bond acceptors (Lipinski definition) is 5. The number of aliphatic hydroxyl groups excluding tert-OH is 1. The predicted octanol–water partition coefficient (Wildman–Crippen LogP) is 1.04. The highest BCUT2D eigenvalue weighted by molar-refractivity contribution is 6.03. The minimum Gasteiger partial charge on any atom is -0.504 e. The topological polar surface area (TPSA) is 82.4 Å². The summed E-state index contributed by atoms with van der Waals surface area (Å²) in [6.45, 7) is 0. The normalized spacial score (nSPS) is 24.9. The van der Waals surface area contributed by atoms with Gasteiger partial charge < -0.3 is 19.8 Å². The molecule has 0 bridgehead atoms. The van der Waals surface area contributed by atoms with E-state index in [4.69, 9.17) is 4.74 Å². The molecule has 2 heterocycles. The zero-order valence-electron chi connectivity index (χ0n) is 10.4. The van der Waals surface area contributed by atoms with E-state index in [-0.39, 0.29) is 23.4 Å². The molecule has 0 saturated carbocycles. The average Bonchev–Trinajstić information content (AvgIpc) is 2.70. The van der Waals surface area contributed by atoms with Crippen LogP contribution < -0.4 is 4.74 Å². The number of hydrogen-bond donors (Lipinski definition) is 2. The van der Waals surface area contributed by atoms with Crippen LogP contribution in [0.1, 0.15) is 23.2 Å². The van der Waals surface area contributed by atoms with E-state index >= 15 is 0 Å². The van der Waals surface area contributed by atoms with Crippen LogP contribution in [0.5, 0.6) is 11.5 Å². The van der Waals surface area contributed by atoms with Crippen LogP contribution in [-0.4, -0.2) is 46.6 Å². The van der Waals surface area contributed by atoms with E-state index in [1.807, 2.05) is 0 Å². The molecule has 0 aliphatic carbocycles. The first-order valence-electron chi connectivity index (χ1n) is 6.07. The van der Waals surface area contributed by atoms with Gasteiger partial charge in [0.1, 0.15) is 6.23 Å². The number of fused-ring (bicyclic) bond motifs is 2. The van der Waals surface area contributed by atoms with Gasteiger partial charge in [-0.2, -0.15) is 0 Å². The van der Waals surface area contributed by atoms with Crippen LogP contribution in [0.2, 0.25) is 0 Å². The van der Waals surface area contributed by atoms with Crippen molar-refractivity contribution in [2.75, 3.05) is 7.11 Å². The molecule has 1 saturated heterocycles. The molecule has 2 aliphatic heterocycles. The van der Waals surface area contributed by atoms with E-state index < -0.39 is 6.23 Å². The van der Waals surface area contributed by atoms with E-state index in [1.165, 1.54) is 24.1 Å². The summed E-state index contributed by atoms with van der Waals surface area (Å²) in [5.41, 5.74) is 0.722. The lowest BCUT2D eigenvalue weighted by Gasteiger charge is -2.24. The lowest BCUT2D eigenvalue weighted by Crippen LogP contribution is -2.41. The molecule has 100 valence electrons. The average molecular weight is 262 g/mol. The van der Waals surface area contributed by atoms with Gasteiger partial charge in [0.05, 0.1) is 24.4 Å². The van der Waals surface area contributed by atoms with Crippen molar-refractivity contribution in [3.63, 3.8) is 0 Å². The first kappa shape index (κ1) is 12.0. The van der Waals surface area contributed by atoms with Crippen LogP contribution in [0.15, 0.2) is 17.1 Å². The molecule has 1 aromatic carbocycles. The summed E-state index contributed by atoms with van der Waals surface area (Å²) in [6, 6.07) is 2.66. The number of aliphatic imine (C=N–C) groups is 1. The number of benzene rings is 1. The monoisotopic (exact) mass is 262 g/mol. The maximum atomic E-state index is 12.5.